The molecule has 1 N–H and O–H groups in total. The fraction of sp³-hybridized carbons (Fsp3) is 0.222. The zero-order chi connectivity index (χ0) is 22.6. The Bertz CT molecular complexity index is 1240. The van der Waals surface area contributed by atoms with E-state index in [1.54, 1.807) is 12.1 Å². The molecule has 1 aliphatic heterocycles. The van der Waals surface area contributed by atoms with Crippen molar-refractivity contribution < 1.29 is 9.21 Å². The molecule has 1 fully saturated rings. The minimum Gasteiger partial charge on any atom is -0.416 e. The molecule has 0 aliphatic carbocycles. The molecule has 6 nitrogen and oxygen atoms in total. The molecule has 0 radical (unpaired) electrons. The fourth-order valence-electron chi connectivity index (χ4n) is 4.14. The lowest BCUT2D eigenvalue weighted by molar-refractivity contribution is 0.102. The number of nitrogens with zero attached hydrogens (tertiary/aromatic N) is 3. The van der Waals surface area contributed by atoms with E-state index in [0.29, 0.717) is 17.3 Å². The lowest BCUT2D eigenvalue weighted by atomic mass is 10.1. The maximum atomic E-state index is 12.7. The van der Waals surface area contributed by atoms with Gasteiger partial charge in [-0.1, -0.05) is 18.2 Å². The van der Waals surface area contributed by atoms with E-state index in [1.165, 1.54) is 24.9 Å². The number of nitrogens with one attached hydrogen (secondary N) is 1. The van der Waals surface area contributed by atoms with Gasteiger partial charge >= 0.3 is 0 Å². The van der Waals surface area contributed by atoms with Crippen LogP contribution in [0.15, 0.2) is 77.2 Å². The third kappa shape index (κ3) is 4.65. The van der Waals surface area contributed by atoms with E-state index in [2.05, 4.69) is 32.5 Å². The van der Waals surface area contributed by atoms with Crippen molar-refractivity contribution in [3.05, 3.63) is 83.9 Å². The molecule has 1 aromatic heterocycles. The maximum Gasteiger partial charge on any atom is 0.255 e. The highest BCUT2D eigenvalue weighted by Crippen LogP contribution is 2.26. The number of rotatable bonds is 5. The molecule has 1 saturated heterocycles. The van der Waals surface area contributed by atoms with Gasteiger partial charge in [0.2, 0.25) is 11.8 Å². The first-order valence-electron chi connectivity index (χ1n) is 11.3. The molecule has 3 aromatic carbocycles. The first-order valence-corrected chi connectivity index (χ1v) is 11.3. The van der Waals surface area contributed by atoms with Gasteiger partial charge in [-0.05, 0) is 86.3 Å². The van der Waals surface area contributed by atoms with Crippen LogP contribution in [0.5, 0.6) is 0 Å². The Kier molecular flexibility index (Phi) is 5.89. The maximum absolute atomic E-state index is 12.7. The van der Waals surface area contributed by atoms with Gasteiger partial charge < -0.3 is 14.6 Å². The number of aryl methyl sites for hydroxylation is 1. The average Bonchev–Trinajstić information content (AvgIpc) is 3.35. The number of amides is 1. The molecule has 0 saturated carbocycles. The van der Waals surface area contributed by atoms with Crippen LogP contribution in [0.3, 0.4) is 0 Å². The summed E-state index contributed by atoms with van der Waals surface area (Å²) < 4.78 is 5.87. The van der Waals surface area contributed by atoms with Crippen molar-refractivity contribution >= 4 is 17.3 Å². The molecule has 166 valence electrons. The van der Waals surface area contributed by atoms with Gasteiger partial charge in [0, 0.05) is 41.2 Å². The fourth-order valence-corrected chi connectivity index (χ4v) is 4.14. The summed E-state index contributed by atoms with van der Waals surface area (Å²) in [7, 11) is 0. The van der Waals surface area contributed by atoms with Crippen molar-refractivity contribution in [1.29, 1.82) is 0 Å². The summed E-state index contributed by atoms with van der Waals surface area (Å²) in [6, 6.07) is 23.1. The summed E-state index contributed by atoms with van der Waals surface area (Å²) in [5.74, 6) is 0.754. The van der Waals surface area contributed by atoms with Crippen molar-refractivity contribution in [1.82, 2.24) is 10.2 Å². The minimum atomic E-state index is -0.154. The van der Waals surface area contributed by atoms with Gasteiger partial charge in [0.15, 0.2) is 0 Å². The van der Waals surface area contributed by atoms with Gasteiger partial charge in [-0.25, -0.2) is 0 Å². The molecular formula is C27H26N4O2. The Balaban J connectivity index is 1.25. The minimum absolute atomic E-state index is 0.154. The number of aromatic nitrogens is 2. The van der Waals surface area contributed by atoms with Gasteiger partial charge in [0.1, 0.15) is 0 Å². The second-order valence-electron chi connectivity index (χ2n) is 8.35. The normalized spacial score (nSPS) is 13.7. The van der Waals surface area contributed by atoms with Gasteiger partial charge in [-0.15, -0.1) is 10.2 Å². The third-order valence-electron chi connectivity index (χ3n) is 6.04. The number of anilines is 2. The quantitative estimate of drug-likeness (QED) is 0.417. The highest BCUT2D eigenvalue weighted by molar-refractivity contribution is 6.04. The molecule has 0 spiro atoms. The van der Waals surface area contributed by atoms with E-state index in [-0.39, 0.29) is 5.91 Å². The second kappa shape index (κ2) is 9.28. The number of benzene rings is 3. The molecule has 2 heterocycles. The molecule has 1 amide bonds. The Labute approximate surface area is 193 Å². The average molecular weight is 439 g/mol. The van der Waals surface area contributed by atoms with Crippen molar-refractivity contribution in [2.24, 2.45) is 0 Å². The smallest absolute Gasteiger partial charge is 0.255 e. The molecule has 0 atom stereocenters. The van der Waals surface area contributed by atoms with Crippen LogP contribution in [-0.2, 0) is 0 Å². The van der Waals surface area contributed by atoms with Crippen LogP contribution in [0.4, 0.5) is 11.4 Å². The van der Waals surface area contributed by atoms with Gasteiger partial charge in [-0.2, -0.15) is 0 Å². The molecular weight excluding hydrogens is 412 g/mol. The molecule has 4 aromatic rings. The second-order valence-corrected chi connectivity index (χ2v) is 8.35. The van der Waals surface area contributed by atoms with Gasteiger partial charge in [-0.3, -0.25) is 4.79 Å². The van der Waals surface area contributed by atoms with Crippen LogP contribution in [0.25, 0.3) is 22.9 Å². The predicted molar refractivity (Wildman–Crippen MR) is 130 cm³/mol. The van der Waals surface area contributed by atoms with Crippen molar-refractivity contribution in [2.75, 3.05) is 23.3 Å². The lowest BCUT2D eigenvalue weighted by Gasteiger charge is -2.28. The molecule has 0 bridgehead atoms. The Morgan fingerprint density at radius 2 is 1.55 bits per heavy atom. The summed E-state index contributed by atoms with van der Waals surface area (Å²) in [5, 5.41) is 11.3. The van der Waals surface area contributed by atoms with Gasteiger partial charge in [0.05, 0.1) is 0 Å². The van der Waals surface area contributed by atoms with E-state index in [0.717, 1.165) is 35.5 Å². The van der Waals surface area contributed by atoms with E-state index in [1.807, 2.05) is 55.5 Å². The first-order chi connectivity index (χ1) is 16.2. The van der Waals surface area contributed by atoms with Crippen LogP contribution in [0.2, 0.25) is 0 Å². The Morgan fingerprint density at radius 1 is 0.848 bits per heavy atom. The molecule has 0 unspecified atom stereocenters. The molecule has 5 rings (SSSR count). The first kappa shape index (κ1) is 20.9. The Hall–Kier alpha value is -3.93. The zero-order valence-electron chi connectivity index (χ0n) is 18.6. The van der Waals surface area contributed by atoms with Crippen LogP contribution >= 0.6 is 0 Å². The summed E-state index contributed by atoms with van der Waals surface area (Å²) in [5.41, 5.74) is 5.32. The zero-order valence-corrected chi connectivity index (χ0v) is 18.6. The largest absolute Gasteiger partial charge is 0.416 e. The van der Waals surface area contributed by atoms with E-state index in [9.17, 15) is 4.79 Å². The van der Waals surface area contributed by atoms with E-state index >= 15 is 0 Å². The monoisotopic (exact) mass is 438 g/mol. The summed E-state index contributed by atoms with van der Waals surface area (Å²) in [4.78, 5) is 15.1. The summed E-state index contributed by atoms with van der Waals surface area (Å²) in [6.45, 7) is 4.21. The van der Waals surface area contributed by atoms with Gasteiger partial charge in [0.25, 0.3) is 5.91 Å². The molecule has 33 heavy (non-hydrogen) atoms. The van der Waals surface area contributed by atoms with E-state index in [4.69, 9.17) is 4.42 Å². The predicted octanol–water partition coefficient (Wildman–Crippen LogP) is 5.95. The van der Waals surface area contributed by atoms with Crippen LogP contribution in [0.1, 0.15) is 35.2 Å². The topological polar surface area (TPSA) is 71.3 Å². The van der Waals surface area contributed by atoms with Crippen LogP contribution < -0.4 is 10.2 Å². The molecule has 6 heteroatoms. The third-order valence-corrected chi connectivity index (χ3v) is 6.04. The number of hydrogen-bond acceptors (Lipinski definition) is 5. The standard InChI is InChI=1S/C27H26N4O2/c1-19-7-3-4-8-24(19)27-30-29-26(33-27)21-11-9-20(10-12-21)25(32)28-22-13-15-23(16-14-22)31-17-5-2-6-18-31/h3-4,7-16H,2,5-6,17-18H2,1H3,(H,28,32). The van der Waals surface area contributed by atoms with Crippen molar-refractivity contribution in [3.63, 3.8) is 0 Å². The Morgan fingerprint density at radius 3 is 2.27 bits per heavy atom. The van der Waals surface area contributed by atoms with Crippen molar-refractivity contribution in [3.8, 4) is 22.9 Å². The highest BCUT2D eigenvalue weighted by atomic mass is 16.4. The summed E-state index contributed by atoms with van der Waals surface area (Å²) in [6.07, 6.45) is 3.79. The SMILES string of the molecule is Cc1ccccc1-c1nnc(-c2ccc(C(=O)Nc3ccc(N4CCCCC4)cc3)cc2)o1. The highest BCUT2D eigenvalue weighted by Gasteiger charge is 2.14. The number of piperidine rings is 1. The lowest BCUT2D eigenvalue weighted by Crippen LogP contribution is -2.29. The van der Waals surface area contributed by atoms with Crippen LogP contribution in [0, 0.1) is 6.92 Å². The van der Waals surface area contributed by atoms with Crippen molar-refractivity contribution in [2.45, 2.75) is 26.2 Å². The van der Waals surface area contributed by atoms with E-state index < -0.39 is 0 Å². The number of carbonyl (C=O) groups excluding carboxylic acids is 1. The summed E-state index contributed by atoms with van der Waals surface area (Å²) >= 11 is 0. The van der Waals surface area contributed by atoms with Crippen LogP contribution in [-0.4, -0.2) is 29.2 Å². The molecule has 1 aliphatic rings. The number of carbonyl (C=O) groups is 1. The number of hydrogen-bond donors (Lipinski definition) is 1.